The fourth-order valence-electron chi connectivity index (χ4n) is 3.55. The maximum absolute atomic E-state index is 5.95. The van der Waals surface area contributed by atoms with Gasteiger partial charge < -0.3 is 15.4 Å². The molecule has 0 bridgehead atoms. The molecule has 2 N–H and O–H groups in total. The van der Waals surface area contributed by atoms with E-state index in [1.807, 2.05) is 42.5 Å². The lowest BCUT2D eigenvalue weighted by molar-refractivity contribution is -0.0563. The molecule has 1 aliphatic carbocycles. The molecule has 2 heterocycles. The van der Waals surface area contributed by atoms with Crippen molar-refractivity contribution in [2.24, 2.45) is 0 Å². The minimum atomic E-state index is 0.226. The minimum absolute atomic E-state index is 0.226. The molecular weight excluding hydrogens is 300 g/mol. The zero-order chi connectivity index (χ0) is 16.2. The molecular formula is C19H24N4O. The van der Waals surface area contributed by atoms with Crippen LogP contribution in [0.3, 0.4) is 0 Å². The summed E-state index contributed by atoms with van der Waals surface area (Å²) in [6.45, 7) is 2.60. The summed E-state index contributed by atoms with van der Waals surface area (Å²) in [5, 5.41) is 15.4. The SMILES string of the molecule is c1ccc(-c2ccc(NCCNC3COC4(CCC4)C3)nn2)cc1. The van der Waals surface area contributed by atoms with Crippen molar-refractivity contribution < 1.29 is 4.74 Å². The third-order valence-corrected chi connectivity index (χ3v) is 5.07. The van der Waals surface area contributed by atoms with Crippen molar-refractivity contribution in [1.82, 2.24) is 15.5 Å². The standard InChI is InChI=1S/C19H24N4O/c1-2-5-15(6-3-1)17-7-8-18(23-22-17)21-12-11-20-16-13-19(24-14-16)9-4-10-19/h1-3,5-8,16,20H,4,9-14H2,(H,21,23). The van der Waals surface area contributed by atoms with Gasteiger partial charge in [-0.25, -0.2) is 0 Å². The summed E-state index contributed by atoms with van der Waals surface area (Å²) in [7, 11) is 0. The Kier molecular flexibility index (Phi) is 4.45. The van der Waals surface area contributed by atoms with Crippen LogP contribution in [0, 0.1) is 0 Å². The molecule has 24 heavy (non-hydrogen) atoms. The smallest absolute Gasteiger partial charge is 0.148 e. The first-order valence-electron chi connectivity index (χ1n) is 8.83. The predicted molar refractivity (Wildman–Crippen MR) is 94.9 cm³/mol. The molecule has 5 nitrogen and oxygen atoms in total. The highest BCUT2D eigenvalue weighted by Crippen LogP contribution is 2.43. The number of hydrogen-bond acceptors (Lipinski definition) is 5. The Morgan fingerprint density at radius 1 is 1.04 bits per heavy atom. The molecule has 1 unspecified atom stereocenters. The molecule has 2 fully saturated rings. The first kappa shape index (κ1) is 15.5. The summed E-state index contributed by atoms with van der Waals surface area (Å²) in [4.78, 5) is 0. The maximum Gasteiger partial charge on any atom is 0.148 e. The lowest BCUT2D eigenvalue weighted by atomic mass is 9.77. The molecule has 1 aliphatic heterocycles. The Bertz CT molecular complexity index is 655. The van der Waals surface area contributed by atoms with Crippen LogP contribution in [0.2, 0.25) is 0 Å². The van der Waals surface area contributed by atoms with Gasteiger partial charge in [0.25, 0.3) is 0 Å². The van der Waals surface area contributed by atoms with Crippen molar-refractivity contribution in [3.05, 3.63) is 42.5 Å². The second-order valence-corrected chi connectivity index (χ2v) is 6.80. The zero-order valence-corrected chi connectivity index (χ0v) is 13.9. The van der Waals surface area contributed by atoms with Crippen molar-refractivity contribution in [1.29, 1.82) is 0 Å². The largest absolute Gasteiger partial charge is 0.373 e. The Labute approximate surface area is 142 Å². The third kappa shape index (κ3) is 3.42. The van der Waals surface area contributed by atoms with Crippen molar-refractivity contribution in [2.75, 3.05) is 25.0 Å². The van der Waals surface area contributed by atoms with Gasteiger partial charge in [0.2, 0.25) is 0 Å². The monoisotopic (exact) mass is 324 g/mol. The fourth-order valence-corrected chi connectivity index (χ4v) is 3.55. The number of rotatable bonds is 6. The summed E-state index contributed by atoms with van der Waals surface area (Å²) in [6, 6.07) is 14.6. The van der Waals surface area contributed by atoms with Gasteiger partial charge in [0.1, 0.15) is 5.82 Å². The van der Waals surface area contributed by atoms with Crippen molar-refractivity contribution in [2.45, 2.75) is 37.3 Å². The molecule has 4 rings (SSSR count). The summed E-state index contributed by atoms with van der Waals surface area (Å²) in [6.07, 6.45) is 4.98. The summed E-state index contributed by atoms with van der Waals surface area (Å²) >= 11 is 0. The van der Waals surface area contributed by atoms with E-state index in [2.05, 4.69) is 20.8 Å². The second kappa shape index (κ2) is 6.87. The van der Waals surface area contributed by atoms with E-state index in [9.17, 15) is 0 Å². The quantitative estimate of drug-likeness (QED) is 0.800. The van der Waals surface area contributed by atoms with Gasteiger partial charge in [0, 0.05) is 24.7 Å². The van der Waals surface area contributed by atoms with Crippen LogP contribution in [0.5, 0.6) is 0 Å². The molecule has 2 aliphatic rings. The van der Waals surface area contributed by atoms with Crippen LogP contribution in [0.4, 0.5) is 5.82 Å². The fraction of sp³-hybridized carbons (Fsp3) is 0.474. The zero-order valence-electron chi connectivity index (χ0n) is 13.9. The lowest BCUT2D eigenvalue weighted by Crippen LogP contribution is -2.38. The maximum atomic E-state index is 5.95. The Hall–Kier alpha value is -1.98. The van der Waals surface area contributed by atoms with Crippen LogP contribution in [-0.4, -0.2) is 41.5 Å². The van der Waals surface area contributed by atoms with Crippen LogP contribution in [-0.2, 0) is 4.74 Å². The van der Waals surface area contributed by atoms with Crippen LogP contribution in [0.1, 0.15) is 25.7 Å². The average Bonchev–Trinajstić information content (AvgIpc) is 3.05. The van der Waals surface area contributed by atoms with Crippen LogP contribution in [0.15, 0.2) is 42.5 Å². The molecule has 5 heteroatoms. The van der Waals surface area contributed by atoms with Gasteiger partial charge >= 0.3 is 0 Å². The highest BCUT2D eigenvalue weighted by Gasteiger charge is 2.44. The van der Waals surface area contributed by atoms with Crippen LogP contribution in [0.25, 0.3) is 11.3 Å². The number of nitrogens with zero attached hydrogens (tertiary/aromatic N) is 2. The molecule has 1 saturated carbocycles. The molecule has 1 atom stereocenters. The lowest BCUT2D eigenvalue weighted by Gasteiger charge is -2.37. The number of aromatic nitrogens is 2. The van der Waals surface area contributed by atoms with E-state index in [4.69, 9.17) is 4.74 Å². The van der Waals surface area contributed by atoms with E-state index in [-0.39, 0.29) is 5.60 Å². The van der Waals surface area contributed by atoms with E-state index >= 15 is 0 Å². The Balaban J connectivity index is 1.21. The minimum Gasteiger partial charge on any atom is -0.373 e. The number of benzene rings is 1. The summed E-state index contributed by atoms with van der Waals surface area (Å²) in [5.74, 6) is 0.814. The normalized spacial score (nSPS) is 21.6. The van der Waals surface area contributed by atoms with E-state index in [0.717, 1.165) is 36.8 Å². The molecule has 0 amide bonds. The van der Waals surface area contributed by atoms with Gasteiger partial charge in [-0.1, -0.05) is 30.3 Å². The average molecular weight is 324 g/mol. The number of ether oxygens (including phenoxy) is 1. The van der Waals surface area contributed by atoms with Gasteiger partial charge in [-0.3, -0.25) is 0 Å². The second-order valence-electron chi connectivity index (χ2n) is 6.80. The molecule has 1 aromatic heterocycles. The number of hydrogen-bond donors (Lipinski definition) is 2. The highest BCUT2D eigenvalue weighted by molar-refractivity contribution is 5.59. The van der Waals surface area contributed by atoms with Crippen molar-refractivity contribution in [3.8, 4) is 11.3 Å². The predicted octanol–water partition coefficient (Wildman–Crippen LogP) is 2.86. The third-order valence-electron chi connectivity index (χ3n) is 5.07. The highest BCUT2D eigenvalue weighted by atomic mass is 16.5. The van der Waals surface area contributed by atoms with Crippen LogP contribution < -0.4 is 10.6 Å². The molecule has 126 valence electrons. The first-order chi connectivity index (χ1) is 11.8. The summed E-state index contributed by atoms with van der Waals surface area (Å²) < 4.78 is 5.95. The Morgan fingerprint density at radius 3 is 2.58 bits per heavy atom. The molecule has 1 saturated heterocycles. The molecule has 1 spiro atoms. The topological polar surface area (TPSA) is 59.1 Å². The molecule has 2 aromatic rings. The van der Waals surface area contributed by atoms with E-state index in [1.54, 1.807) is 0 Å². The van der Waals surface area contributed by atoms with Gasteiger partial charge in [0.05, 0.1) is 17.9 Å². The number of nitrogens with one attached hydrogen (secondary N) is 2. The van der Waals surface area contributed by atoms with E-state index in [1.165, 1.54) is 25.7 Å². The molecule has 0 radical (unpaired) electrons. The molecule has 1 aromatic carbocycles. The Morgan fingerprint density at radius 2 is 1.92 bits per heavy atom. The van der Waals surface area contributed by atoms with Gasteiger partial charge in [-0.05, 0) is 37.8 Å². The first-order valence-corrected chi connectivity index (χ1v) is 8.83. The summed E-state index contributed by atoms with van der Waals surface area (Å²) in [5.41, 5.74) is 2.21. The van der Waals surface area contributed by atoms with Crippen molar-refractivity contribution >= 4 is 5.82 Å². The van der Waals surface area contributed by atoms with E-state index in [0.29, 0.717) is 6.04 Å². The van der Waals surface area contributed by atoms with E-state index < -0.39 is 0 Å². The van der Waals surface area contributed by atoms with Crippen LogP contribution >= 0.6 is 0 Å². The van der Waals surface area contributed by atoms with Gasteiger partial charge in [-0.2, -0.15) is 0 Å². The van der Waals surface area contributed by atoms with Crippen molar-refractivity contribution in [3.63, 3.8) is 0 Å². The van der Waals surface area contributed by atoms with Gasteiger partial charge in [0.15, 0.2) is 0 Å². The van der Waals surface area contributed by atoms with Gasteiger partial charge in [-0.15, -0.1) is 10.2 Å². The number of anilines is 1.